The Bertz CT molecular complexity index is 1230. The van der Waals surface area contributed by atoms with Gasteiger partial charge in [-0.25, -0.2) is 4.79 Å². The van der Waals surface area contributed by atoms with Gasteiger partial charge in [-0.1, -0.05) is 49.4 Å². The zero-order valence-electron chi connectivity index (χ0n) is 19.9. The lowest BCUT2D eigenvalue weighted by Crippen LogP contribution is -2.43. The molecule has 0 saturated carbocycles. The van der Waals surface area contributed by atoms with Crippen molar-refractivity contribution < 1.29 is 19.1 Å². The summed E-state index contributed by atoms with van der Waals surface area (Å²) in [7, 11) is 1.57. The summed E-state index contributed by atoms with van der Waals surface area (Å²) < 4.78 is 7.27. The van der Waals surface area contributed by atoms with Crippen LogP contribution in [0.2, 0.25) is 0 Å². The van der Waals surface area contributed by atoms with Gasteiger partial charge in [-0.3, -0.25) is 14.5 Å². The zero-order chi connectivity index (χ0) is 24.5. The Hall–Kier alpha value is -3.87. The van der Waals surface area contributed by atoms with Gasteiger partial charge in [0.1, 0.15) is 11.3 Å². The summed E-state index contributed by atoms with van der Waals surface area (Å²) in [6, 6.07) is 18.3. The van der Waals surface area contributed by atoms with Gasteiger partial charge in [0, 0.05) is 23.5 Å². The molecule has 4 rings (SSSR count). The lowest BCUT2D eigenvalue weighted by molar-refractivity contribution is -0.131. The number of nitrogens with zero attached hydrogens (tertiary/aromatic N) is 2. The van der Waals surface area contributed by atoms with Crippen LogP contribution in [0.15, 0.2) is 60.7 Å². The molecule has 176 valence electrons. The van der Waals surface area contributed by atoms with Gasteiger partial charge in [0.15, 0.2) is 5.78 Å². The first-order valence-corrected chi connectivity index (χ1v) is 11.3. The number of aryl methyl sites for hydroxylation is 1. The molecule has 0 spiro atoms. The molecule has 0 aliphatic carbocycles. The molecule has 34 heavy (non-hydrogen) atoms. The number of carbonyl (C=O) groups excluding carboxylic acids is 3. The van der Waals surface area contributed by atoms with E-state index in [2.05, 4.69) is 9.88 Å². The summed E-state index contributed by atoms with van der Waals surface area (Å²) in [5, 5.41) is 2.83. The number of imide groups is 1. The van der Waals surface area contributed by atoms with Gasteiger partial charge in [0.2, 0.25) is 0 Å². The number of urea groups is 1. The van der Waals surface area contributed by atoms with Gasteiger partial charge in [-0.15, -0.1) is 0 Å². The summed E-state index contributed by atoms with van der Waals surface area (Å²) in [6.45, 7) is 6.02. The summed E-state index contributed by atoms with van der Waals surface area (Å²) in [6.07, 6.45) is 0.361. The Balaban J connectivity index is 1.57. The highest BCUT2D eigenvalue weighted by Gasteiger charge is 2.51. The molecule has 0 bridgehead atoms. The number of ketones is 1. The summed E-state index contributed by atoms with van der Waals surface area (Å²) in [5.41, 5.74) is 2.87. The van der Waals surface area contributed by atoms with Crippen molar-refractivity contribution in [2.75, 3.05) is 13.7 Å². The second-order valence-corrected chi connectivity index (χ2v) is 8.59. The maximum atomic E-state index is 13.4. The number of rotatable bonds is 8. The summed E-state index contributed by atoms with van der Waals surface area (Å²) >= 11 is 0. The first-order chi connectivity index (χ1) is 16.3. The van der Waals surface area contributed by atoms with Crippen molar-refractivity contribution in [2.45, 2.75) is 39.3 Å². The summed E-state index contributed by atoms with van der Waals surface area (Å²) in [4.78, 5) is 40.5. The molecule has 1 atom stereocenters. The SMILES string of the molecule is CC[C@@]1(c2ccc(OC)cc2)NC(=O)N(CC(=O)c2cc(C)n(Cc3ccccc3)c2C)C1=O. The predicted octanol–water partition coefficient (Wildman–Crippen LogP) is 4.20. The first-order valence-electron chi connectivity index (χ1n) is 11.3. The maximum Gasteiger partial charge on any atom is 0.325 e. The monoisotopic (exact) mass is 459 g/mol. The van der Waals surface area contributed by atoms with Crippen LogP contribution in [0.25, 0.3) is 0 Å². The third-order valence-corrected chi connectivity index (χ3v) is 6.65. The second-order valence-electron chi connectivity index (χ2n) is 8.59. The normalized spacial score (nSPS) is 17.7. The molecule has 0 unspecified atom stereocenters. The Labute approximate surface area is 199 Å². The molecule has 1 fully saturated rings. The molecule has 0 radical (unpaired) electrons. The lowest BCUT2D eigenvalue weighted by Gasteiger charge is -2.26. The molecule has 1 saturated heterocycles. The fraction of sp³-hybridized carbons (Fsp3) is 0.296. The zero-order valence-corrected chi connectivity index (χ0v) is 19.9. The first kappa shape index (κ1) is 23.3. The Morgan fingerprint density at radius 1 is 1.03 bits per heavy atom. The van der Waals surface area contributed by atoms with Crippen molar-refractivity contribution in [3.05, 3.63) is 88.7 Å². The Kier molecular flexibility index (Phi) is 6.28. The number of carbonyl (C=O) groups is 3. The van der Waals surface area contributed by atoms with Crippen LogP contribution < -0.4 is 10.1 Å². The molecule has 7 nitrogen and oxygen atoms in total. The number of amides is 3. The third kappa shape index (κ3) is 3.98. The minimum Gasteiger partial charge on any atom is -0.497 e. The number of nitrogens with one attached hydrogen (secondary N) is 1. The number of hydrogen-bond donors (Lipinski definition) is 1. The topological polar surface area (TPSA) is 80.6 Å². The van der Waals surface area contributed by atoms with E-state index in [1.807, 2.05) is 57.2 Å². The lowest BCUT2D eigenvalue weighted by atomic mass is 9.87. The number of ether oxygens (including phenoxy) is 1. The number of benzene rings is 2. The molecular weight excluding hydrogens is 430 g/mol. The minimum atomic E-state index is -1.20. The molecular formula is C27H29N3O4. The number of Topliss-reactive ketones (excluding diaryl/α,β-unsaturated/α-hetero) is 1. The molecule has 7 heteroatoms. The molecule has 1 N–H and O–H groups in total. The van der Waals surface area contributed by atoms with E-state index in [0.717, 1.165) is 21.9 Å². The van der Waals surface area contributed by atoms with E-state index in [9.17, 15) is 14.4 Å². The average Bonchev–Trinajstić information content (AvgIpc) is 3.27. The molecule has 2 heterocycles. The van der Waals surface area contributed by atoms with Crippen LogP contribution in [-0.4, -0.2) is 40.8 Å². The van der Waals surface area contributed by atoms with Gasteiger partial charge < -0.3 is 14.6 Å². The van der Waals surface area contributed by atoms with E-state index in [-0.39, 0.29) is 12.3 Å². The highest BCUT2D eigenvalue weighted by molar-refractivity contribution is 6.11. The number of hydrogen-bond acceptors (Lipinski definition) is 4. The quantitative estimate of drug-likeness (QED) is 0.404. The van der Waals surface area contributed by atoms with E-state index < -0.39 is 17.5 Å². The molecule has 1 aliphatic heterocycles. The van der Waals surface area contributed by atoms with Crippen LogP contribution in [0.1, 0.15) is 46.2 Å². The minimum absolute atomic E-state index is 0.266. The highest BCUT2D eigenvalue weighted by atomic mass is 16.5. The van der Waals surface area contributed by atoms with Crippen LogP contribution in [0.3, 0.4) is 0 Å². The summed E-state index contributed by atoms with van der Waals surface area (Å²) in [5.74, 6) is -0.0289. The van der Waals surface area contributed by atoms with E-state index in [0.29, 0.717) is 29.8 Å². The molecule has 3 aromatic rings. The number of aromatic nitrogens is 1. The van der Waals surface area contributed by atoms with Crippen molar-refractivity contribution in [2.24, 2.45) is 0 Å². The highest BCUT2D eigenvalue weighted by Crippen LogP contribution is 2.33. The average molecular weight is 460 g/mol. The second kappa shape index (κ2) is 9.17. The third-order valence-electron chi connectivity index (χ3n) is 6.65. The van der Waals surface area contributed by atoms with Crippen molar-refractivity contribution in [1.82, 2.24) is 14.8 Å². The standard InChI is InChI=1S/C27H29N3O4/c1-5-27(21-11-13-22(34-4)14-12-21)25(32)30(26(33)28-27)17-24(31)23-15-18(2)29(19(23)3)16-20-9-7-6-8-10-20/h6-15H,5,16-17H2,1-4H3,(H,28,33)/t27-/m0/s1. The van der Waals surface area contributed by atoms with Gasteiger partial charge >= 0.3 is 6.03 Å². The van der Waals surface area contributed by atoms with Crippen molar-refractivity contribution in [3.8, 4) is 5.75 Å². The van der Waals surface area contributed by atoms with Crippen molar-refractivity contribution in [1.29, 1.82) is 0 Å². The molecule has 1 aliphatic rings. The van der Waals surface area contributed by atoms with Crippen molar-refractivity contribution >= 4 is 17.7 Å². The predicted molar refractivity (Wildman–Crippen MR) is 129 cm³/mol. The van der Waals surface area contributed by atoms with Gasteiger partial charge in [-0.2, -0.15) is 0 Å². The van der Waals surface area contributed by atoms with Gasteiger partial charge in [-0.05, 0) is 49.6 Å². The van der Waals surface area contributed by atoms with E-state index in [1.54, 1.807) is 31.4 Å². The van der Waals surface area contributed by atoms with E-state index >= 15 is 0 Å². The fourth-order valence-electron chi connectivity index (χ4n) is 4.61. The fourth-order valence-corrected chi connectivity index (χ4v) is 4.61. The van der Waals surface area contributed by atoms with E-state index in [1.165, 1.54) is 0 Å². The van der Waals surface area contributed by atoms with Crippen LogP contribution in [0, 0.1) is 13.8 Å². The Morgan fingerprint density at radius 2 is 1.71 bits per heavy atom. The van der Waals surface area contributed by atoms with Gasteiger partial charge in [0.05, 0.1) is 13.7 Å². The largest absolute Gasteiger partial charge is 0.497 e. The molecule has 3 amide bonds. The molecule has 1 aromatic heterocycles. The Morgan fingerprint density at radius 3 is 2.32 bits per heavy atom. The molecule has 2 aromatic carbocycles. The van der Waals surface area contributed by atoms with Crippen LogP contribution in [0.4, 0.5) is 4.79 Å². The van der Waals surface area contributed by atoms with E-state index in [4.69, 9.17) is 4.74 Å². The smallest absolute Gasteiger partial charge is 0.325 e. The van der Waals surface area contributed by atoms with Crippen LogP contribution in [-0.2, 0) is 16.9 Å². The van der Waals surface area contributed by atoms with Crippen LogP contribution in [0.5, 0.6) is 5.75 Å². The maximum absolute atomic E-state index is 13.4. The number of methoxy groups -OCH3 is 1. The van der Waals surface area contributed by atoms with Crippen LogP contribution >= 0.6 is 0 Å². The van der Waals surface area contributed by atoms with Crippen molar-refractivity contribution in [3.63, 3.8) is 0 Å². The van der Waals surface area contributed by atoms with Gasteiger partial charge in [0.25, 0.3) is 5.91 Å².